The predicted molar refractivity (Wildman–Crippen MR) is 85.2 cm³/mol. The number of thioether (sulfide) groups is 1. The number of carbonyl (C=O) groups excluding carboxylic acids is 1. The SMILES string of the molecule is Cc1ccccc1SCC(=O)NCc1ccccc1Cl. The molecule has 4 heteroatoms. The molecule has 0 atom stereocenters. The number of amides is 1. The van der Waals surface area contributed by atoms with Gasteiger partial charge in [0.15, 0.2) is 0 Å². The van der Waals surface area contributed by atoms with Crippen molar-refractivity contribution < 1.29 is 4.79 Å². The van der Waals surface area contributed by atoms with Gasteiger partial charge in [-0.05, 0) is 30.2 Å². The highest BCUT2D eigenvalue weighted by Gasteiger charge is 2.05. The van der Waals surface area contributed by atoms with Gasteiger partial charge in [0.2, 0.25) is 5.91 Å². The van der Waals surface area contributed by atoms with E-state index in [9.17, 15) is 4.79 Å². The summed E-state index contributed by atoms with van der Waals surface area (Å²) in [6, 6.07) is 15.6. The minimum Gasteiger partial charge on any atom is -0.351 e. The van der Waals surface area contributed by atoms with Crippen molar-refractivity contribution in [1.29, 1.82) is 0 Å². The molecule has 0 aliphatic rings. The molecule has 2 rings (SSSR count). The minimum atomic E-state index is 0.0122. The molecule has 0 saturated carbocycles. The average Bonchev–Trinajstić information content (AvgIpc) is 2.45. The van der Waals surface area contributed by atoms with Gasteiger partial charge < -0.3 is 5.32 Å². The van der Waals surface area contributed by atoms with Crippen molar-refractivity contribution in [1.82, 2.24) is 5.32 Å². The maximum Gasteiger partial charge on any atom is 0.230 e. The number of hydrogen-bond donors (Lipinski definition) is 1. The molecule has 0 aliphatic carbocycles. The molecular weight excluding hydrogens is 290 g/mol. The summed E-state index contributed by atoms with van der Waals surface area (Å²) < 4.78 is 0. The summed E-state index contributed by atoms with van der Waals surface area (Å²) in [4.78, 5) is 13.0. The second-order valence-electron chi connectivity index (χ2n) is 4.42. The molecule has 0 unspecified atom stereocenters. The van der Waals surface area contributed by atoms with Gasteiger partial charge in [-0.1, -0.05) is 48.0 Å². The highest BCUT2D eigenvalue weighted by molar-refractivity contribution is 8.00. The minimum absolute atomic E-state index is 0.0122. The first-order chi connectivity index (χ1) is 9.66. The Morgan fingerprint density at radius 2 is 1.85 bits per heavy atom. The molecular formula is C16H16ClNOS. The predicted octanol–water partition coefficient (Wildman–Crippen LogP) is 4.06. The maximum absolute atomic E-state index is 11.8. The number of benzene rings is 2. The van der Waals surface area contributed by atoms with Crippen LogP contribution in [0.25, 0.3) is 0 Å². The van der Waals surface area contributed by atoms with E-state index in [0.717, 1.165) is 10.5 Å². The molecule has 0 radical (unpaired) electrons. The van der Waals surface area contributed by atoms with Crippen molar-refractivity contribution in [2.24, 2.45) is 0 Å². The monoisotopic (exact) mass is 305 g/mol. The molecule has 0 saturated heterocycles. The lowest BCUT2D eigenvalue weighted by atomic mass is 10.2. The standard InChI is InChI=1S/C16H16ClNOS/c1-12-6-2-5-9-15(12)20-11-16(19)18-10-13-7-3-4-8-14(13)17/h2-9H,10-11H2,1H3,(H,18,19). The topological polar surface area (TPSA) is 29.1 Å². The Morgan fingerprint density at radius 1 is 1.15 bits per heavy atom. The molecule has 0 bridgehead atoms. The average molecular weight is 306 g/mol. The molecule has 1 amide bonds. The van der Waals surface area contributed by atoms with Gasteiger partial charge in [-0.3, -0.25) is 4.79 Å². The van der Waals surface area contributed by atoms with E-state index in [-0.39, 0.29) is 5.91 Å². The summed E-state index contributed by atoms with van der Waals surface area (Å²) in [7, 11) is 0. The van der Waals surface area contributed by atoms with Crippen LogP contribution >= 0.6 is 23.4 Å². The first-order valence-corrected chi connectivity index (χ1v) is 7.71. The third-order valence-electron chi connectivity index (χ3n) is 2.89. The van der Waals surface area contributed by atoms with Crippen molar-refractivity contribution in [2.45, 2.75) is 18.4 Å². The number of hydrogen-bond acceptors (Lipinski definition) is 2. The zero-order chi connectivity index (χ0) is 14.4. The van der Waals surface area contributed by atoms with E-state index in [0.29, 0.717) is 17.3 Å². The van der Waals surface area contributed by atoms with E-state index in [1.165, 1.54) is 5.56 Å². The fourth-order valence-corrected chi connectivity index (χ4v) is 2.81. The Hall–Kier alpha value is -1.45. The summed E-state index contributed by atoms with van der Waals surface area (Å²) >= 11 is 7.59. The molecule has 0 aromatic heterocycles. The van der Waals surface area contributed by atoms with E-state index < -0.39 is 0 Å². The van der Waals surface area contributed by atoms with E-state index in [1.807, 2.05) is 55.5 Å². The van der Waals surface area contributed by atoms with Crippen LogP contribution in [0, 0.1) is 6.92 Å². The Kier molecular flexibility index (Phi) is 5.50. The van der Waals surface area contributed by atoms with Gasteiger partial charge in [-0.15, -0.1) is 11.8 Å². The first kappa shape index (κ1) is 14.9. The molecule has 2 aromatic carbocycles. The Bertz CT molecular complexity index is 549. The van der Waals surface area contributed by atoms with Gasteiger partial charge in [0.25, 0.3) is 0 Å². The summed E-state index contributed by atoms with van der Waals surface area (Å²) in [6.07, 6.45) is 0. The normalized spacial score (nSPS) is 10.3. The Balaban J connectivity index is 1.82. The van der Waals surface area contributed by atoms with Gasteiger partial charge in [-0.2, -0.15) is 0 Å². The van der Waals surface area contributed by atoms with E-state index in [4.69, 9.17) is 11.6 Å². The molecule has 2 nitrogen and oxygen atoms in total. The fourth-order valence-electron chi connectivity index (χ4n) is 1.75. The molecule has 0 spiro atoms. The zero-order valence-electron chi connectivity index (χ0n) is 11.2. The highest BCUT2D eigenvalue weighted by Crippen LogP contribution is 2.21. The molecule has 0 heterocycles. The van der Waals surface area contributed by atoms with Crippen LogP contribution in [0.1, 0.15) is 11.1 Å². The largest absolute Gasteiger partial charge is 0.351 e. The van der Waals surface area contributed by atoms with Gasteiger partial charge in [0.05, 0.1) is 5.75 Å². The van der Waals surface area contributed by atoms with Crippen molar-refractivity contribution in [2.75, 3.05) is 5.75 Å². The lowest BCUT2D eigenvalue weighted by Gasteiger charge is -2.08. The van der Waals surface area contributed by atoms with Gasteiger partial charge >= 0.3 is 0 Å². The lowest BCUT2D eigenvalue weighted by Crippen LogP contribution is -2.24. The van der Waals surface area contributed by atoms with Crippen LogP contribution in [0.15, 0.2) is 53.4 Å². The second kappa shape index (κ2) is 7.36. The number of rotatable bonds is 5. The van der Waals surface area contributed by atoms with E-state index >= 15 is 0 Å². The molecule has 0 aliphatic heterocycles. The van der Waals surface area contributed by atoms with Crippen LogP contribution in [-0.4, -0.2) is 11.7 Å². The van der Waals surface area contributed by atoms with Crippen LogP contribution in [0.2, 0.25) is 5.02 Å². The van der Waals surface area contributed by atoms with Crippen molar-refractivity contribution in [3.05, 3.63) is 64.7 Å². The third-order valence-corrected chi connectivity index (χ3v) is 4.43. The van der Waals surface area contributed by atoms with Crippen LogP contribution in [0.3, 0.4) is 0 Å². The van der Waals surface area contributed by atoms with E-state index in [1.54, 1.807) is 11.8 Å². The van der Waals surface area contributed by atoms with Gasteiger partial charge in [0.1, 0.15) is 0 Å². The van der Waals surface area contributed by atoms with Crippen LogP contribution in [0.5, 0.6) is 0 Å². The first-order valence-electron chi connectivity index (χ1n) is 6.35. The second-order valence-corrected chi connectivity index (χ2v) is 5.85. The quantitative estimate of drug-likeness (QED) is 0.844. The van der Waals surface area contributed by atoms with Gasteiger partial charge in [-0.25, -0.2) is 0 Å². The molecule has 20 heavy (non-hydrogen) atoms. The summed E-state index contributed by atoms with van der Waals surface area (Å²) in [5, 5.41) is 3.57. The Labute approximate surface area is 128 Å². The van der Waals surface area contributed by atoms with Crippen LogP contribution < -0.4 is 5.32 Å². The smallest absolute Gasteiger partial charge is 0.230 e. The van der Waals surface area contributed by atoms with Crippen LogP contribution in [-0.2, 0) is 11.3 Å². The number of halogens is 1. The lowest BCUT2D eigenvalue weighted by molar-refractivity contribution is -0.118. The van der Waals surface area contributed by atoms with E-state index in [2.05, 4.69) is 5.32 Å². The summed E-state index contributed by atoms with van der Waals surface area (Å²) in [6.45, 7) is 2.51. The van der Waals surface area contributed by atoms with Crippen molar-refractivity contribution >= 4 is 29.3 Å². The van der Waals surface area contributed by atoms with Crippen LogP contribution in [0.4, 0.5) is 0 Å². The molecule has 1 N–H and O–H groups in total. The van der Waals surface area contributed by atoms with Crippen molar-refractivity contribution in [3.63, 3.8) is 0 Å². The third kappa shape index (κ3) is 4.29. The molecule has 104 valence electrons. The van der Waals surface area contributed by atoms with Gasteiger partial charge in [0, 0.05) is 16.5 Å². The number of aryl methyl sites for hydroxylation is 1. The molecule has 0 fully saturated rings. The highest BCUT2D eigenvalue weighted by atomic mass is 35.5. The fraction of sp³-hybridized carbons (Fsp3) is 0.188. The van der Waals surface area contributed by atoms with Crippen molar-refractivity contribution in [3.8, 4) is 0 Å². The summed E-state index contributed by atoms with van der Waals surface area (Å²) in [5.74, 6) is 0.424. The maximum atomic E-state index is 11.8. The number of nitrogens with one attached hydrogen (secondary N) is 1. The summed E-state index contributed by atoms with van der Waals surface area (Å²) in [5.41, 5.74) is 2.12. The number of carbonyl (C=O) groups is 1. The molecule has 2 aromatic rings. The zero-order valence-corrected chi connectivity index (χ0v) is 12.8. The Morgan fingerprint density at radius 3 is 2.60 bits per heavy atom.